The van der Waals surface area contributed by atoms with Crippen LogP contribution < -0.4 is 0 Å². The largest absolute Gasteiger partial charge is 0.309 e. The van der Waals surface area contributed by atoms with Gasteiger partial charge in [-0.2, -0.15) is 0 Å². The third-order valence-electron chi connectivity index (χ3n) is 35.6. The molecule has 8 heteroatoms. The van der Waals surface area contributed by atoms with Crippen LogP contribution in [0.4, 0.5) is 0 Å². The maximum Gasteiger partial charge on any atom is 0.164 e. The van der Waals surface area contributed by atoms with E-state index in [4.69, 9.17) is 15.0 Å². The molecule has 6 nitrogen and oxygen atoms in total. The predicted molar refractivity (Wildman–Crippen MR) is 656 cm³/mol. The smallest absolute Gasteiger partial charge is 0.164 e. The van der Waals surface area contributed by atoms with Gasteiger partial charge >= 0.3 is 0 Å². The van der Waals surface area contributed by atoms with Crippen molar-refractivity contribution in [1.29, 1.82) is 0 Å². The monoisotopic (exact) mass is 2120 g/mol. The third-order valence-corrected chi connectivity index (χ3v) is 36.6. The number of rotatable bonds is 48. The fraction of sp³-hybridized carbons (Fsp3) is 0.472. The van der Waals surface area contributed by atoms with Gasteiger partial charge in [0.2, 0.25) is 0 Å². The zero-order valence-electron chi connectivity index (χ0n) is 94.9. The highest BCUT2D eigenvalue weighted by Gasteiger charge is 2.47. The lowest BCUT2D eigenvalue weighted by Crippen LogP contribution is -2.26. The second-order valence-electron chi connectivity index (χ2n) is 50.4. The van der Waals surface area contributed by atoms with Crippen LogP contribution in [0.2, 0.25) is 0 Å². The van der Waals surface area contributed by atoms with Crippen LogP contribution in [0.25, 0.3) is 150 Å². The highest BCUT2D eigenvalue weighted by Crippen LogP contribution is 2.61. The van der Waals surface area contributed by atoms with Crippen LogP contribution >= 0.6 is 31.9 Å². The molecule has 0 N–H and O–H groups in total. The number of hydrogen-bond donors (Lipinski definition) is 0. The summed E-state index contributed by atoms with van der Waals surface area (Å²) in [5.74, 6) is 2.26. The first-order chi connectivity index (χ1) is 72.5. The summed E-state index contributed by atoms with van der Waals surface area (Å²) in [6, 6.07) is 89.0. The predicted octanol–water partition coefficient (Wildman–Crippen LogP) is 44.2. The van der Waals surface area contributed by atoms with E-state index in [1.807, 2.05) is 0 Å². The van der Waals surface area contributed by atoms with E-state index in [-0.39, 0.29) is 37.9 Å². The lowest BCUT2D eigenvalue weighted by molar-refractivity contribution is 0.398. The summed E-state index contributed by atoms with van der Waals surface area (Å²) in [5.41, 5.74) is 35.7. The van der Waals surface area contributed by atoms with Gasteiger partial charge in [0.05, 0.1) is 33.1 Å². The lowest BCUT2D eigenvalue weighted by Gasteiger charge is -2.33. The number of benzene rings is 12. The molecule has 150 heavy (non-hydrogen) atoms. The van der Waals surface area contributed by atoms with Crippen molar-refractivity contribution in [1.82, 2.24) is 28.7 Å². The Balaban J connectivity index is 0.821. The Labute approximate surface area is 918 Å². The van der Waals surface area contributed by atoms with Gasteiger partial charge in [-0.05, 0) is 289 Å². The van der Waals surface area contributed by atoms with Gasteiger partial charge in [-0.3, -0.25) is 0 Å². The van der Waals surface area contributed by atoms with E-state index >= 15 is 0 Å². The first-order valence-corrected chi connectivity index (χ1v) is 61.3. The highest BCUT2D eigenvalue weighted by molar-refractivity contribution is 9.10. The van der Waals surface area contributed by atoms with Crippen molar-refractivity contribution in [2.75, 3.05) is 0 Å². The molecule has 3 aliphatic rings. The Hall–Kier alpha value is -9.99. The molecule has 0 bridgehead atoms. The summed E-state index contributed by atoms with van der Waals surface area (Å²) in [6.45, 7) is 42.4. The van der Waals surface area contributed by atoms with Gasteiger partial charge in [-0.25, -0.2) is 15.0 Å². The molecule has 19 rings (SSSR count). The van der Waals surface area contributed by atoms with Crippen LogP contribution in [0.3, 0.4) is 0 Å². The molecule has 0 atom stereocenters. The second-order valence-corrected chi connectivity index (χ2v) is 52.2. The minimum Gasteiger partial charge on any atom is -0.309 e. The average molecular weight is 2120 g/mol. The topological polar surface area (TPSA) is 53.5 Å². The number of hydrogen-bond acceptors (Lipinski definition) is 3. The molecule has 0 aliphatic heterocycles. The molecule has 0 saturated carbocycles. The van der Waals surface area contributed by atoms with E-state index < -0.39 is 0 Å². The van der Waals surface area contributed by atoms with E-state index in [9.17, 15) is 0 Å². The molecule has 12 aromatic carbocycles. The van der Waals surface area contributed by atoms with Gasteiger partial charge in [0.1, 0.15) is 0 Å². The zero-order chi connectivity index (χ0) is 105. The van der Waals surface area contributed by atoms with Crippen LogP contribution in [-0.4, -0.2) is 28.7 Å². The molecule has 4 heterocycles. The van der Waals surface area contributed by atoms with Gasteiger partial charge in [-0.15, -0.1) is 0 Å². The fourth-order valence-electron chi connectivity index (χ4n) is 27.0. The number of fused-ring (bicyclic) bond motifs is 18. The Kier molecular flexibility index (Phi) is 33.5. The van der Waals surface area contributed by atoms with E-state index in [0.29, 0.717) is 0 Å². The molecule has 16 aromatic rings. The van der Waals surface area contributed by atoms with E-state index in [1.165, 1.54) is 387 Å². The average Bonchev–Trinajstić information content (AvgIpc) is 1.55. The number of nitrogens with zero attached hydrogens (tertiary/aromatic N) is 6. The first-order valence-electron chi connectivity index (χ1n) is 59.7. The Morgan fingerprint density at radius 3 is 0.640 bits per heavy atom. The molecule has 0 fully saturated rings. The number of unbranched alkanes of at least 4 members (excludes halogenated alkanes) is 30. The number of aromatic nitrogens is 6. The van der Waals surface area contributed by atoms with Crippen molar-refractivity contribution < 1.29 is 0 Å². The molecule has 0 unspecified atom stereocenters. The first kappa shape index (κ1) is 108. The second kappa shape index (κ2) is 46.3. The summed E-state index contributed by atoms with van der Waals surface area (Å²) in [4.78, 5) is 18.2. The van der Waals surface area contributed by atoms with Crippen molar-refractivity contribution in [3.8, 4) is 84.6 Å². The summed E-state index contributed by atoms with van der Waals surface area (Å²) in [7, 11) is 0. The zero-order valence-corrected chi connectivity index (χ0v) is 98.1. The molecule has 0 spiro atoms. The molecule has 3 aliphatic carbocycles. The Morgan fingerprint density at radius 1 is 0.200 bits per heavy atom. The minimum absolute atomic E-state index is 0.0323. The third kappa shape index (κ3) is 21.9. The molecule has 0 amide bonds. The van der Waals surface area contributed by atoms with Crippen LogP contribution in [0.5, 0.6) is 0 Å². The molecule has 786 valence electrons. The molecule has 0 saturated heterocycles. The van der Waals surface area contributed by atoms with Crippen molar-refractivity contribution in [3.63, 3.8) is 0 Å². The van der Waals surface area contributed by atoms with Crippen LogP contribution in [0.1, 0.15) is 450 Å². The van der Waals surface area contributed by atoms with E-state index in [0.717, 1.165) is 96.9 Å². The molecular formula is C142H174Br2N6. The minimum atomic E-state index is -0.338. The van der Waals surface area contributed by atoms with Crippen LogP contribution in [0, 0.1) is 0 Å². The Bertz CT molecular complexity index is 6950. The van der Waals surface area contributed by atoms with Crippen LogP contribution in [0.15, 0.2) is 227 Å². The molecular weight excluding hydrogens is 1950 g/mol. The number of halogens is 2. The Morgan fingerprint density at radius 2 is 0.393 bits per heavy atom. The maximum atomic E-state index is 6.08. The van der Waals surface area contributed by atoms with Crippen molar-refractivity contribution in [3.05, 3.63) is 283 Å². The van der Waals surface area contributed by atoms with Crippen molar-refractivity contribution in [2.45, 2.75) is 432 Å². The SMILES string of the molecule is CCCCCCCCC1(CCCCCCCC)c2cc(Br)ccc2-c2ccc(-c3nc(-c4ccc5c(c4)C(CCCCCCCC)(CCCCCCCC)c4cc(Br)ccc4-5)nc(-c4ccc5c(c4)C(CCCCCCCC)(CCCCCCCC)c4cc(-n6c7ccc(-n8c9ccc(C(C)(C)C)cc9c9cc(C(C)(C)C)ccc98)cc7c7cc(-n8c9ccc(C(C)(C)C)cc9c9cc(C(C)(C)C)ccc98)ccc76)ccc4-5)n3)cc21. The summed E-state index contributed by atoms with van der Waals surface area (Å²) in [5, 5.41) is 7.66. The van der Waals surface area contributed by atoms with Gasteiger partial charge < -0.3 is 13.7 Å². The lowest BCUT2D eigenvalue weighted by atomic mass is 9.70. The highest BCUT2D eigenvalue weighted by atomic mass is 79.9. The van der Waals surface area contributed by atoms with Gasteiger partial charge in [0.15, 0.2) is 17.5 Å². The van der Waals surface area contributed by atoms with Gasteiger partial charge in [0.25, 0.3) is 0 Å². The summed E-state index contributed by atoms with van der Waals surface area (Å²) >= 11 is 8.22. The van der Waals surface area contributed by atoms with Gasteiger partial charge in [-0.1, -0.05) is 466 Å². The van der Waals surface area contributed by atoms with Crippen LogP contribution in [-0.2, 0) is 37.9 Å². The van der Waals surface area contributed by atoms with E-state index in [1.54, 1.807) is 0 Å². The molecule has 4 aromatic heterocycles. The normalized spacial score (nSPS) is 14.1. The van der Waals surface area contributed by atoms with E-state index in [2.05, 4.69) is 389 Å². The quantitative estimate of drug-likeness (QED) is 0.0357. The standard InChI is InChI=1S/C142H174Br2N6/c1-19-25-31-37-43-49-79-140(80-50-44-38-32-26-20-2)121-85-97(55-67-109(121)112-70-62-104(143)92-124(112)140)133-145-134(98-56-68-110-113-71-63-105(144)93-125(113)141(122(110)86-98,81-51-45-39-33-27-21-3)82-52-46-40-34-28-22-4)147-135(146-133)99-57-69-111-114-72-64-108(96-126(114)142(123(111)87-99,83-53-47-41-35-29-23-5)84-54-48-42-36-30-24-6)150-131-77-65-106(148-127-73-58-100(136(7,8)9)88-115(127)116-89-101(137(10,11)12)59-74-128(116)148)94-119(131)120-95-107(66-78-132(120)150)149-129-75-60-102(138(13,14)15)90-117(129)118-91-103(139(16,17)18)61-76-130(118)149/h55-78,85-96H,19-54,79-84H2,1-18H3. The maximum absolute atomic E-state index is 6.08. The van der Waals surface area contributed by atoms with Gasteiger partial charge in [0, 0.05) is 91.3 Å². The fourth-order valence-corrected chi connectivity index (χ4v) is 27.7. The van der Waals surface area contributed by atoms with Crippen molar-refractivity contribution >= 4 is 97.3 Å². The summed E-state index contributed by atoms with van der Waals surface area (Å²) < 4.78 is 10.2. The summed E-state index contributed by atoms with van der Waals surface area (Å²) in [6.07, 6.45) is 51.7. The van der Waals surface area contributed by atoms with Crippen molar-refractivity contribution in [2.24, 2.45) is 0 Å². The molecule has 0 radical (unpaired) electrons.